The summed E-state index contributed by atoms with van der Waals surface area (Å²) in [6, 6.07) is 57.4. The summed E-state index contributed by atoms with van der Waals surface area (Å²) in [5.41, 5.74) is 1.17. The Morgan fingerprint density at radius 1 is 0.274 bits per heavy atom. The van der Waals surface area contributed by atoms with E-state index in [1.165, 1.54) is 9.13 Å². The van der Waals surface area contributed by atoms with Crippen LogP contribution in [0, 0.1) is 29.1 Å². The van der Waals surface area contributed by atoms with Crippen LogP contribution in [0.4, 0.5) is 35.1 Å². The minimum absolute atomic E-state index is 0.280. The fraction of sp³-hybridized carbons (Fsp3) is 0.0164. The predicted molar refractivity (Wildman–Crippen MR) is 274 cm³/mol. The van der Waals surface area contributed by atoms with Crippen LogP contribution in [0.1, 0.15) is 5.56 Å². The van der Waals surface area contributed by atoms with Crippen LogP contribution in [0.5, 0.6) is 0 Å². The number of hydrogen-bond acceptors (Lipinski definition) is 0. The van der Waals surface area contributed by atoms with Crippen molar-refractivity contribution in [3.8, 4) is 33.9 Å². The Morgan fingerprint density at radius 2 is 0.548 bits per heavy atom. The summed E-state index contributed by atoms with van der Waals surface area (Å²) in [5.74, 6) is -11.3. The Hall–Kier alpha value is -9.16. The van der Waals surface area contributed by atoms with Gasteiger partial charge in [0.05, 0.1) is 61.1 Å². The molecule has 0 aliphatic heterocycles. The number of halogens is 8. The second kappa shape index (κ2) is 15.4. The lowest BCUT2D eigenvalue weighted by Gasteiger charge is -2.23. The van der Waals surface area contributed by atoms with Gasteiger partial charge in [0.15, 0.2) is 23.3 Å². The van der Waals surface area contributed by atoms with Gasteiger partial charge in [0.25, 0.3) is 0 Å². The maximum absolute atomic E-state index is 16.9. The second-order valence-corrected chi connectivity index (χ2v) is 18.2. The van der Waals surface area contributed by atoms with Crippen molar-refractivity contribution < 1.29 is 35.1 Å². The van der Waals surface area contributed by atoms with E-state index in [9.17, 15) is 4.39 Å². The average molecular weight is 973 g/mol. The molecule has 352 valence electrons. The van der Waals surface area contributed by atoms with E-state index in [0.29, 0.717) is 44.0 Å². The molecule has 10 aromatic carbocycles. The first-order chi connectivity index (χ1) is 35.5. The van der Waals surface area contributed by atoms with Crippen LogP contribution in [0.3, 0.4) is 0 Å². The van der Waals surface area contributed by atoms with Crippen molar-refractivity contribution in [2.24, 2.45) is 0 Å². The van der Waals surface area contributed by atoms with Crippen molar-refractivity contribution in [1.82, 2.24) is 18.3 Å². The smallest absolute Gasteiger partial charge is 0.309 e. The minimum atomic E-state index is -5.22. The molecule has 12 heteroatoms. The fourth-order valence-electron chi connectivity index (χ4n) is 11.4. The summed E-state index contributed by atoms with van der Waals surface area (Å²) < 4.78 is 136. The van der Waals surface area contributed by atoms with E-state index in [4.69, 9.17) is 0 Å². The van der Waals surface area contributed by atoms with Gasteiger partial charge in [0.1, 0.15) is 5.56 Å². The molecule has 73 heavy (non-hydrogen) atoms. The number of para-hydroxylation sites is 6. The van der Waals surface area contributed by atoms with E-state index in [0.717, 1.165) is 55.7 Å². The largest absolute Gasteiger partial charge is 0.420 e. The standard InChI is InChI=1S/C61H32F8N4/c62-56-54(57(63)59(65)60(66)58(56)64)33-29-52(72-48-23-11-5-17-40(48)42-27-25-34(31-50(42)72)70-44-19-7-1-13-36(44)37-14-2-8-20-45(37)70)55(61(67,68)69)53(30-33)73-49-24-12-6-18-41(49)43-28-26-35(32-51(43)73)71-46-21-9-3-15-38(46)39-16-4-10-22-47(39)71/h1-32H. The molecule has 0 saturated heterocycles. The van der Waals surface area contributed by atoms with Gasteiger partial charge in [-0.2, -0.15) is 13.2 Å². The highest BCUT2D eigenvalue weighted by molar-refractivity contribution is 6.14. The zero-order valence-electron chi connectivity index (χ0n) is 37.8. The zero-order chi connectivity index (χ0) is 49.6. The van der Waals surface area contributed by atoms with E-state index in [-0.39, 0.29) is 11.0 Å². The number of nitrogens with zero attached hydrogens (tertiary/aromatic N) is 4. The van der Waals surface area contributed by atoms with Crippen LogP contribution in [0.25, 0.3) is 121 Å². The first-order valence-corrected chi connectivity index (χ1v) is 23.3. The maximum atomic E-state index is 16.9. The summed E-state index contributed by atoms with van der Waals surface area (Å²) >= 11 is 0. The maximum Gasteiger partial charge on any atom is 0.420 e. The number of aromatic nitrogens is 4. The molecule has 0 saturated carbocycles. The molecule has 0 spiro atoms. The fourth-order valence-corrected chi connectivity index (χ4v) is 11.4. The van der Waals surface area contributed by atoms with Crippen molar-refractivity contribution in [3.63, 3.8) is 0 Å². The molecule has 0 radical (unpaired) electrons. The monoisotopic (exact) mass is 972 g/mol. The van der Waals surface area contributed by atoms with Crippen molar-refractivity contribution in [3.05, 3.63) is 229 Å². The Bertz CT molecular complexity index is 4300. The van der Waals surface area contributed by atoms with Crippen LogP contribution in [0.15, 0.2) is 194 Å². The van der Waals surface area contributed by atoms with Gasteiger partial charge >= 0.3 is 6.18 Å². The molecule has 14 rings (SSSR count). The number of alkyl halides is 3. The van der Waals surface area contributed by atoms with Crippen LogP contribution >= 0.6 is 0 Å². The Balaban J connectivity index is 1.15. The van der Waals surface area contributed by atoms with Gasteiger partial charge in [-0.05, 0) is 78.4 Å². The molecule has 0 aliphatic carbocycles. The van der Waals surface area contributed by atoms with Crippen LogP contribution in [-0.2, 0) is 6.18 Å². The van der Waals surface area contributed by atoms with Crippen molar-refractivity contribution >= 4 is 87.2 Å². The summed E-state index contributed by atoms with van der Waals surface area (Å²) in [7, 11) is 0. The lowest BCUT2D eigenvalue weighted by molar-refractivity contribution is -0.137. The first-order valence-electron chi connectivity index (χ1n) is 23.3. The third-order valence-electron chi connectivity index (χ3n) is 14.4. The lowest BCUT2D eigenvalue weighted by atomic mass is 9.97. The average Bonchev–Trinajstić information content (AvgIpc) is 4.14. The topological polar surface area (TPSA) is 19.7 Å². The number of benzene rings is 10. The highest BCUT2D eigenvalue weighted by Gasteiger charge is 2.40. The number of hydrogen-bond donors (Lipinski definition) is 0. The molecular formula is C61H32F8N4. The van der Waals surface area contributed by atoms with Crippen molar-refractivity contribution in [1.29, 1.82) is 0 Å². The van der Waals surface area contributed by atoms with Crippen LogP contribution in [-0.4, -0.2) is 18.3 Å². The molecular weight excluding hydrogens is 941 g/mol. The van der Waals surface area contributed by atoms with Gasteiger partial charge in [0, 0.05) is 54.5 Å². The summed E-state index contributed by atoms with van der Waals surface area (Å²) in [5, 5.41) is 5.99. The predicted octanol–water partition coefficient (Wildman–Crippen LogP) is 17.5. The Kier molecular flexibility index (Phi) is 9.02. The summed E-state index contributed by atoms with van der Waals surface area (Å²) in [4.78, 5) is 0. The SMILES string of the molecule is Fc1c(F)c(F)c(-c2cc(-n3c4ccccc4c4ccc(-n5c6ccccc6c6ccccc65)cc43)c(C(F)(F)F)c(-n3c4ccccc4c4ccc(-n5c6ccccc6c6ccccc65)cc43)c2)c(F)c1F. The third-order valence-corrected chi connectivity index (χ3v) is 14.4. The highest BCUT2D eigenvalue weighted by Crippen LogP contribution is 2.48. The summed E-state index contributed by atoms with van der Waals surface area (Å²) in [6.07, 6.45) is -5.22. The summed E-state index contributed by atoms with van der Waals surface area (Å²) in [6.45, 7) is 0. The van der Waals surface area contributed by atoms with Crippen molar-refractivity contribution in [2.75, 3.05) is 0 Å². The highest BCUT2D eigenvalue weighted by atomic mass is 19.4. The lowest BCUT2D eigenvalue weighted by Crippen LogP contribution is -2.16. The van der Waals surface area contributed by atoms with E-state index in [2.05, 4.69) is 0 Å². The molecule has 4 nitrogen and oxygen atoms in total. The molecule has 0 amide bonds. The van der Waals surface area contributed by atoms with Gasteiger partial charge in [-0.25, -0.2) is 22.0 Å². The number of rotatable bonds is 5. The quantitative estimate of drug-likeness (QED) is 0.0930. The van der Waals surface area contributed by atoms with E-state index >= 15 is 30.7 Å². The molecule has 4 heterocycles. The second-order valence-electron chi connectivity index (χ2n) is 18.2. The van der Waals surface area contributed by atoms with Gasteiger partial charge in [-0.15, -0.1) is 0 Å². The molecule has 0 bridgehead atoms. The first kappa shape index (κ1) is 42.7. The molecule has 4 aromatic heterocycles. The van der Waals surface area contributed by atoms with E-state index in [1.54, 1.807) is 60.7 Å². The van der Waals surface area contributed by atoms with Gasteiger partial charge in [0.2, 0.25) is 5.82 Å². The van der Waals surface area contributed by atoms with Gasteiger partial charge in [-0.3, -0.25) is 0 Å². The molecule has 0 atom stereocenters. The van der Waals surface area contributed by atoms with Crippen LogP contribution in [0.2, 0.25) is 0 Å². The molecule has 0 unspecified atom stereocenters. The third kappa shape index (κ3) is 6.00. The zero-order valence-corrected chi connectivity index (χ0v) is 37.8. The van der Waals surface area contributed by atoms with E-state index in [1.807, 2.05) is 130 Å². The van der Waals surface area contributed by atoms with E-state index < -0.39 is 63.3 Å². The Morgan fingerprint density at radius 3 is 0.863 bits per heavy atom. The molecule has 0 N–H and O–H groups in total. The normalized spacial score (nSPS) is 12.4. The van der Waals surface area contributed by atoms with Crippen LogP contribution < -0.4 is 0 Å². The number of fused-ring (bicyclic) bond motifs is 12. The van der Waals surface area contributed by atoms with Gasteiger partial charge in [-0.1, -0.05) is 121 Å². The molecule has 0 fully saturated rings. The molecule has 14 aromatic rings. The molecule has 0 aliphatic rings. The minimum Gasteiger partial charge on any atom is -0.309 e. The Labute approximate surface area is 408 Å². The van der Waals surface area contributed by atoms with Gasteiger partial charge < -0.3 is 18.3 Å². The van der Waals surface area contributed by atoms with Crippen molar-refractivity contribution in [2.45, 2.75) is 6.18 Å².